The highest BCUT2D eigenvalue weighted by atomic mass is 32.2. The lowest BCUT2D eigenvalue weighted by molar-refractivity contribution is -0.151. The number of Topliss-reactive ketones (excluding diaryl/α,β-unsaturated/α-hetero) is 1. The van der Waals surface area contributed by atoms with E-state index in [0.29, 0.717) is 12.8 Å². The van der Waals surface area contributed by atoms with Gasteiger partial charge >= 0.3 is 6.03 Å². The molecule has 1 aliphatic heterocycles. The lowest BCUT2D eigenvalue weighted by Gasteiger charge is -2.49. The fraction of sp³-hybridized carbons (Fsp3) is 0.639. The molecule has 1 aromatic rings. The number of primary amides is 1. The molecule has 0 radical (unpaired) electrons. The standard InChI is InChI=1S/C36H53N5O7S/c1-8-9-18-26(28(42)30(37)43)38-31(44)27-21-35(6,7)24(2)22-41(27)32(45)29(34(3,4)5)39-33(46)40-36(19-14-11-15-20-36)23-49(47,48)25-16-12-10-13-17-25/h1,10,12-13,16-17,24,26-27,29H,9,11,14-15,18-23H2,2-7H3,(H2,37,43)(H,38,44)(H2,39,40,46)/t24?,26?,27-,29?/m0/s1. The molecule has 1 heterocycles. The molecular weight excluding hydrogens is 646 g/mol. The van der Waals surface area contributed by atoms with E-state index >= 15 is 0 Å². The Morgan fingerprint density at radius 1 is 1.04 bits per heavy atom. The summed E-state index contributed by atoms with van der Waals surface area (Å²) in [6, 6.07) is 4.07. The minimum Gasteiger partial charge on any atom is -0.363 e. The van der Waals surface area contributed by atoms with Crippen LogP contribution in [0.3, 0.4) is 0 Å². The van der Waals surface area contributed by atoms with Crippen LogP contribution in [-0.4, -0.2) is 78.8 Å². The third-order valence-corrected chi connectivity index (χ3v) is 12.0. The van der Waals surface area contributed by atoms with E-state index in [1.807, 2.05) is 20.8 Å². The molecule has 1 aliphatic carbocycles. The molecule has 3 rings (SSSR count). The van der Waals surface area contributed by atoms with Gasteiger partial charge in [0, 0.05) is 13.0 Å². The SMILES string of the molecule is C#CCCC(NC(=O)[C@@H]1CC(C)(C)C(C)CN1C(=O)C(NC(=O)NC1(CS(=O)(=O)c2ccccc2)CCCCC1)C(C)(C)C)C(=O)C(N)=O. The van der Waals surface area contributed by atoms with Crippen LogP contribution < -0.4 is 21.7 Å². The molecule has 2 aliphatic rings. The van der Waals surface area contributed by atoms with E-state index in [-0.39, 0.29) is 47.8 Å². The average molecular weight is 700 g/mol. The predicted molar refractivity (Wildman–Crippen MR) is 186 cm³/mol. The summed E-state index contributed by atoms with van der Waals surface area (Å²) in [5.41, 5.74) is 3.01. The van der Waals surface area contributed by atoms with Gasteiger partial charge in [-0.25, -0.2) is 13.2 Å². The van der Waals surface area contributed by atoms with Crippen LogP contribution in [0.4, 0.5) is 4.79 Å². The molecule has 49 heavy (non-hydrogen) atoms. The van der Waals surface area contributed by atoms with E-state index in [2.05, 4.69) is 21.9 Å². The normalized spacial score (nSPS) is 21.7. The van der Waals surface area contributed by atoms with Gasteiger partial charge in [-0.15, -0.1) is 12.3 Å². The molecule has 1 saturated carbocycles. The molecule has 1 saturated heterocycles. The molecule has 0 spiro atoms. The highest BCUT2D eigenvalue weighted by Gasteiger charge is 2.48. The number of hydrogen-bond acceptors (Lipinski definition) is 7. The lowest BCUT2D eigenvalue weighted by atomic mass is 9.71. The van der Waals surface area contributed by atoms with Crippen molar-refractivity contribution in [3.8, 4) is 12.3 Å². The zero-order chi connectivity index (χ0) is 36.8. The van der Waals surface area contributed by atoms with Gasteiger partial charge in [0.25, 0.3) is 5.91 Å². The van der Waals surface area contributed by atoms with Crippen LogP contribution in [0.2, 0.25) is 0 Å². The third-order valence-electron chi connectivity index (χ3n) is 10.1. The van der Waals surface area contributed by atoms with Gasteiger partial charge in [-0.2, -0.15) is 0 Å². The number of hydrogen-bond donors (Lipinski definition) is 4. The van der Waals surface area contributed by atoms with Crippen molar-refractivity contribution in [2.24, 2.45) is 22.5 Å². The van der Waals surface area contributed by atoms with Crippen LogP contribution in [0.1, 0.15) is 92.9 Å². The third kappa shape index (κ3) is 10.1. The molecular formula is C36H53N5O7S. The summed E-state index contributed by atoms with van der Waals surface area (Å²) in [5, 5.41) is 8.43. The minimum absolute atomic E-state index is 0.00143. The Labute approximate surface area is 291 Å². The monoisotopic (exact) mass is 699 g/mol. The fourth-order valence-corrected chi connectivity index (χ4v) is 8.55. The van der Waals surface area contributed by atoms with Crippen LogP contribution in [0.25, 0.3) is 0 Å². The zero-order valence-corrected chi connectivity index (χ0v) is 30.5. The van der Waals surface area contributed by atoms with Gasteiger partial charge in [0.1, 0.15) is 12.1 Å². The van der Waals surface area contributed by atoms with Gasteiger partial charge in [0.15, 0.2) is 9.84 Å². The number of sulfone groups is 1. The molecule has 0 bridgehead atoms. The molecule has 0 aromatic heterocycles. The Kier molecular flexibility index (Phi) is 12.7. The van der Waals surface area contributed by atoms with Crippen molar-refractivity contribution in [2.45, 2.75) is 121 Å². The van der Waals surface area contributed by atoms with E-state index in [1.54, 1.807) is 39.0 Å². The number of piperidine rings is 1. The number of nitrogens with one attached hydrogen (secondary N) is 3. The van der Waals surface area contributed by atoms with E-state index in [1.165, 1.54) is 17.0 Å². The van der Waals surface area contributed by atoms with Gasteiger partial charge in [-0.3, -0.25) is 19.2 Å². The molecule has 12 nitrogen and oxygen atoms in total. The summed E-state index contributed by atoms with van der Waals surface area (Å²) in [4.78, 5) is 68.0. The first-order valence-corrected chi connectivity index (χ1v) is 18.6. The summed E-state index contributed by atoms with van der Waals surface area (Å²) < 4.78 is 26.9. The first-order valence-electron chi connectivity index (χ1n) is 17.0. The van der Waals surface area contributed by atoms with Gasteiger partial charge in [-0.1, -0.05) is 79.0 Å². The highest BCUT2D eigenvalue weighted by molar-refractivity contribution is 7.91. The van der Waals surface area contributed by atoms with Gasteiger partial charge in [-0.05, 0) is 54.6 Å². The van der Waals surface area contributed by atoms with Crippen molar-refractivity contribution in [1.82, 2.24) is 20.9 Å². The van der Waals surface area contributed by atoms with Gasteiger partial charge < -0.3 is 26.6 Å². The number of rotatable bonds is 12. The molecule has 1 aromatic carbocycles. The largest absolute Gasteiger partial charge is 0.363 e. The summed E-state index contributed by atoms with van der Waals surface area (Å²) in [6.45, 7) is 11.5. The number of benzene rings is 1. The number of ketones is 1. The van der Waals surface area contributed by atoms with E-state index < -0.39 is 68.5 Å². The second kappa shape index (κ2) is 15.7. The maximum absolute atomic E-state index is 14.5. The van der Waals surface area contributed by atoms with Crippen molar-refractivity contribution in [3.05, 3.63) is 30.3 Å². The van der Waals surface area contributed by atoms with Gasteiger partial charge in [0.2, 0.25) is 17.6 Å². The smallest absolute Gasteiger partial charge is 0.315 e. The number of likely N-dealkylation sites (tertiary alicyclic amines) is 1. The van der Waals surface area contributed by atoms with Crippen molar-refractivity contribution >= 4 is 39.4 Å². The van der Waals surface area contributed by atoms with E-state index in [4.69, 9.17) is 12.2 Å². The minimum atomic E-state index is -3.74. The second-order valence-corrected chi connectivity index (χ2v) is 17.4. The number of urea groups is 1. The van der Waals surface area contributed by atoms with Crippen molar-refractivity contribution in [2.75, 3.05) is 12.3 Å². The molecule has 270 valence electrons. The molecule has 13 heteroatoms. The van der Waals surface area contributed by atoms with Crippen molar-refractivity contribution in [3.63, 3.8) is 0 Å². The van der Waals surface area contributed by atoms with Gasteiger partial charge in [0.05, 0.1) is 22.2 Å². The first-order chi connectivity index (χ1) is 22.7. The number of terminal acetylenes is 1. The van der Waals surface area contributed by atoms with Crippen LogP contribution in [0.15, 0.2) is 35.2 Å². The Morgan fingerprint density at radius 2 is 1.65 bits per heavy atom. The number of carbonyl (C=O) groups is 5. The molecule has 3 unspecified atom stereocenters. The van der Waals surface area contributed by atoms with E-state index in [9.17, 15) is 32.4 Å². The quantitative estimate of drug-likeness (QED) is 0.191. The van der Waals surface area contributed by atoms with Crippen molar-refractivity contribution in [1.29, 1.82) is 0 Å². The summed E-state index contributed by atoms with van der Waals surface area (Å²) in [7, 11) is -3.74. The number of nitrogens with two attached hydrogens (primary N) is 1. The molecule has 5 amide bonds. The average Bonchev–Trinajstić information content (AvgIpc) is 3.02. The predicted octanol–water partition coefficient (Wildman–Crippen LogP) is 3.09. The number of carbonyl (C=O) groups excluding carboxylic acids is 5. The number of nitrogens with zero attached hydrogens (tertiary/aromatic N) is 1. The Hall–Kier alpha value is -3.92. The van der Waals surface area contributed by atoms with Crippen molar-refractivity contribution < 1.29 is 32.4 Å². The van der Waals surface area contributed by atoms with Crippen LogP contribution in [0.5, 0.6) is 0 Å². The molecule has 2 fully saturated rings. The Bertz CT molecular complexity index is 1540. The van der Waals surface area contributed by atoms with E-state index in [0.717, 1.165) is 19.3 Å². The van der Waals surface area contributed by atoms with Crippen LogP contribution in [0, 0.1) is 29.1 Å². The molecule has 5 N–H and O–H groups in total. The Morgan fingerprint density at radius 3 is 2.20 bits per heavy atom. The zero-order valence-electron chi connectivity index (χ0n) is 29.6. The summed E-state index contributed by atoms with van der Waals surface area (Å²) >= 11 is 0. The lowest BCUT2D eigenvalue weighted by Crippen LogP contribution is -2.66. The Balaban J connectivity index is 1.90. The number of amides is 5. The summed E-state index contributed by atoms with van der Waals surface area (Å²) in [5.74, 6) is -1.24. The summed E-state index contributed by atoms with van der Waals surface area (Å²) in [6.07, 6.45) is 9.05. The van der Waals surface area contributed by atoms with Crippen LogP contribution in [-0.2, 0) is 29.0 Å². The van der Waals surface area contributed by atoms with Crippen LogP contribution >= 0.6 is 0 Å². The first kappa shape index (κ1) is 39.5. The maximum atomic E-state index is 14.5. The maximum Gasteiger partial charge on any atom is 0.315 e. The highest BCUT2D eigenvalue weighted by Crippen LogP contribution is 2.40. The fourth-order valence-electron chi connectivity index (χ4n) is 6.72. The second-order valence-electron chi connectivity index (χ2n) is 15.4. The molecule has 4 atom stereocenters. The topological polar surface area (TPSA) is 185 Å².